The van der Waals surface area contributed by atoms with Crippen LogP contribution in [0.1, 0.15) is 36.5 Å². The number of Topliss-reactive ketones (excluding diaryl/α,β-unsaturated/α-hetero) is 1. The van der Waals surface area contributed by atoms with Crippen LogP contribution in [0, 0.1) is 0 Å². The van der Waals surface area contributed by atoms with Crippen molar-refractivity contribution in [3.63, 3.8) is 0 Å². The molecule has 0 aromatic heterocycles. The maximum Gasteiger partial charge on any atom is 0.161 e. The number of rotatable bonds is 4. The number of ether oxygens (including phenoxy) is 1. The first-order chi connectivity index (χ1) is 9.08. The van der Waals surface area contributed by atoms with Gasteiger partial charge in [-0.2, -0.15) is 0 Å². The van der Waals surface area contributed by atoms with Crippen LogP contribution in [0.5, 0.6) is 0 Å². The lowest BCUT2D eigenvalue weighted by molar-refractivity contribution is 0.0216. The van der Waals surface area contributed by atoms with Gasteiger partial charge < -0.3 is 9.64 Å². The lowest BCUT2D eigenvalue weighted by atomic mass is 10.1. The third-order valence-electron chi connectivity index (χ3n) is 3.50. The zero-order valence-corrected chi connectivity index (χ0v) is 13.1. The predicted octanol–water partition coefficient (Wildman–Crippen LogP) is 3.66. The van der Waals surface area contributed by atoms with Gasteiger partial charge in [-0.05, 0) is 44.4 Å². The van der Waals surface area contributed by atoms with Gasteiger partial charge >= 0.3 is 0 Å². The van der Waals surface area contributed by atoms with Gasteiger partial charge in [0.1, 0.15) is 0 Å². The Morgan fingerprint density at radius 2 is 2.26 bits per heavy atom. The minimum atomic E-state index is 0.0962. The largest absolute Gasteiger partial charge is 0.376 e. The summed E-state index contributed by atoms with van der Waals surface area (Å²) in [6.45, 7) is 3.30. The van der Waals surface area contributed by atoms with Crippen LogP contribution in [0.3, 0.4) is 0 Å². The summed E-state index contributed by atoms with van der Waals surface area (Å²) < 4.78 is 6.75. The number of nitrogens with zero attached hydrogens (tertiary/aromatic N) is 1. The molecule has 3 nitrogen and oxygen atoms in total. The zero-order valence-electron chi connectivity index (χ0n) is 11.5. The monoisotopic (exact) mass is 325 g/mol. The van der Waals surface area contributed by atoms with Gasteiger partial charge in [0.05, 0.1) is 6.10 Å². The van der Waals surface area contributed by atoms with Crippen LogP contribution in [0.2, 0.25) is 0 Å². The van der Waals surface area contributed by atoms with E-state index in [4.69, 9.17) is 4.74 Å². The highest BCUT2D eigenvalue weighted by atomic mass is 79.9. The summed E-state index contributed by atoms with van der Waals surface area (Å²) in [7, 11) is 2.02. The highest BCUT2D eigenvalue weighted by molar-refractivity contribution is 9.10. The minimum Gasteiger partial charge on any atom is -0.376 e. The Hall–Kier alpha value is -0.870. The number of benzene rings is 1. The fourth-order valence-corrected chi connectivity index (χ4v) is 2.82. The second-order valence-electron chi connectivity index (χ2n) is 5.09. The van der Waals surface area contributed by atoms with Gasteiger partial charge in [0.15, 0.2) is 5.78 Å². The number of carbonyl (C=O) groups is 1. The first-order valence-corrected chi connectivity index (χ1v) is 7.50. The lowest BCUT2D eigenvalue weighted by Crippen LogP contribution is -2.34. The second kappa shape index (κ2) is 6.53. The SMILES string of the molecule is CC(=O)c1ccc(Br)cc1N(C)CC1CCCCO1. The number of hydrogen-bond donors (Lipinski definition) is 0. The van der Waals surface area contributed by atoms with Gasteiger partial charge in [0.2, 0.25) is 0 Å². The van der Waals surface area contributed by atoms with E-state index < -0.39 is 0 Å². The molecule has 1 aliphatic heterocycles. The minimum absolute atomic E-state index is 0.0962. The first-order valence-electron chi connectivity index (χ1n) is 6.71. The van der Waals surface area contributed by atoms with E-state index in [-0.39, 0.29) is 11.9 Å². The van der Waals surface area contributed by atoms with Crippen molar-refractivity contribution in [3.05, 3.63) is 28.2 Å². The molecule has 0 bridgehead atoms. The molecule has 0 amide bonds. The Morgan fingerprint density at radius 3 is 2.89 bits per heavy atom. The molecule has 1 aromatic rings. The first kappa shape index (κ1) is 14.5. The molecule has 2 rings (SSSR count). The van der Waals surface area contributed by atoms with E-state index >= 15 is 0 Å². The van der Waals surface area contributed by atoms with Gasteiger partial charge in [-0.3, -0.25) is 4.79 Å². The van der Waals surface area contributed by atoms with Crippen LogP contribution in [0.15, 0.2) is 22.7 Å². The second-order valence-corrected chi connectivity index (χ2v) is 6.00. The van der Waals surface area contributed by atoms with E-state index in [0.717, 1.165) is 41.7 Å². The normalized spacial score (nSPS) is 19.2. The fourth-order valence-electron chi connectivity index (χ4n) is 2.47. The molecule has 1 aromatic carbocycles. The van der Waals surface area contributed by atoms with Crippen LogP contribution in [-0.4, -0.2) is 32.1 Å². The van der Waals surface area contributed by atoms with Crippen LogP contribution in [0.4, 0.5) is 5.69 Å². The molecule has 0 radical (unpaired) electrons. The zero-order chi connectivity index (χ0) is 13.8. The van der Waals surface area contributed by atoms with Gasteiger partial charge in [-0.25, -0.2) is 0 Å². The molecule has 1 fully saturated rings. The molecule has 0 spiro atoms. The summed E-state index contributed by atoms with van der Waals surface area (Å²) in [5.74, 6) is 0.0962. The van der Waals surface area contributed by atoms with Crippen molar-refractivity contribution in [1.29, 1.82) is 0 Å². The highest BCUT2D eigenvalue weighted by Gasteiger charge is 2.18. The highest BCUT2D eigenvalue weighted by Crippen LogP contribution is 2.26. The summed E-state index contributed by atoms with van der Waals surface area (Å²) in [6.07, 6.45) is 3.78. The summed E-state index contributed by atoms with van der Waals surface area (Å²) in [4.78, 5) is 13.8. The molecule has 0 saturated carbocycles. The van der Waals surface area contributed by atoms with Crippen LogP contribution >= 0.6 is 15.9 Å². The molecular formula is C15H20BrNO2. The van der Waals surface area contributed by atoms with E-state index in [1.54, 1.807) is 6.92 Å². The number of anilines is 1. The molecule has 0 aliphatic carbocycles. The van der Waals surface area contributed by atoms with Crippen molar-refractivity contribution < 1.29 is 9.53 Å². The molecule has 4 heteroatoms. The Morgan fingerprint density at radius 1 is 1.47 bits per heavy atom. The van der Waals surface area contributed by atoms with Gasteiger partial charge in [-0.15, -0.1) is 0 Å². The Balaban J connectivity index is 2.14. The summed E-state index contributed by atoms with van der Waals surface area (Å²) in [6, 6.07) is 5.78. The smallest absolute Gasteiger partial charge is 0.161 e. The van der Waals surface area contributed by atoms with Gasteiger partial charge in [-0.1, -0.05) is 15.9 Å². The summed E-state index contributed by atoms with van der Waals surface area (Å²) in [5, 5.41) is 0. The van der Waals surface area contributed by atoms with Crippen molar-refractivity contribution in [1.82, 2.24) is 0 Å². The summed E-state index contributed by atoms with van der Waals surface area (Å²) in [5.41, 5.74) is 1.73. The van der Waals surface area contributed by atoms with Crippen molar-refractivity contribution in [2.75, 3.05) is 25.1 Å². The number of hydrogen-bond acceptors (Lipinski definition) is 3. The summed E-state index contributed by atoms with van der Waals surface area (Å²) >= 11 is 3.47. The number of carbonyl (C=O) groups excluding carboxylic acids is 1. The van der Waals surface area contributed by atoms with Crippen molar-refractivity contribution in [2.45, 2.75) is 32.3 Å². The molecule has 1 aliphatic rings. The molecule has 19 heavy (non-hydrogen) atoms. The third kappa shape index (κ3) is 3.80. The quantitative estimate of drug-likeness (QED) is 0.791. The van der Waals surface area contributed by atoms with Gasteiger partial charge in [0, 0.05) is 35.9 Å². The molecule has 1 heterocycles. The molecule has 1 saturated heterocycles. The Labute approximate surface area is 123 Å². The number of likely N-dealkylation sites (N-methyl/N-ethyl adjacent to an activating group) is 1. The maximum absolute atomic E-state index is 11.7. The van der Waals surface area contributed by atoms with Crippen molar-refractivity contribution in [2.24, 2.45) is 0 Å². The van der Waals surface area contributed by atoms with Gasteiger partial charge in [0.25, 0.3) is 0 Å². The number of halogens is 1. The standard InChI is InChI=1S/C15H20BrNO2/c1-11(18)14-7-6-12(16)9-15(14)17(2)10-13-5-3-4-8-19-13/h6-7,9,13H,3-5,8,10H2,1-2H3. The third-order valence-corrected chi connectivity index (χ3v) is 4.00. The van der Waals surface area contributed by atoms with Crippen molar-refractivity contribution >= 4 is 27.4 Å². The molecule has 1 atom stereocenters. The van der Waals surface area contributed by atoms with Crippen molar-refractivity contribution in [3.8, 4) is 0 Å². The molecular weight excluding hydrogens is 306 g/mol. The topological polar surface area (TPSA) is 29.5 Å². The molecule has 0 N–H and O–H groups in total. The number of ketones is 1. The maximum atomic E-state index is 11.7. The lowest BCUT2D eigenvalue weighted by Gasteiger charge is -2.29. The van der Waals surface area contributed by atoms with Crippen LogP contribution in [0.25, 0.3) is 0 Å². The van der Waals surface area contributed by atoms with Crippen LogP contribution in [-0.2, 0) is 4.74 Å². The van der Waals surface area contributed by atoms with E-state index in [0.29, 0.717) is 0 Å². The van der Waals surface area contributed by atoms with E-state index in [1.165, 1.54) is 6.42 Å². The van der Waals surface area contributed by atoms with Crippen LogP contribution < -0.4 is 4.90 Å². The predicted molar refractivity (Wildman–Crippen MR) is 81.0 cm³/mol. The molecule has 1 unspecified atom stereocenters. The average Bonchev–Trinajstić information content (AvgIpc) is 2.39. The Bertz CT molecular complexity index is 455. The van der Waals surface area contributed by atoms with E-state index in [9.17, 15) is 4.79 Å². The fraction of sp³-hybridized carbons (Fsp3) is 0.533. The average molecular weight is 326 g/mol. The Kier molecular flexibility index (Phi) is 4.99. The molecule has 104 valence electrons. The van der Waals surface area contributed by atoms with E-state index in [2.05, 4.69) is 20.8 Å². The van der Waals surface area contributed by atoms with E-state index in [1.807, 2.05) is 25.2 Å².